The number of rotatable bonds is 3. The number of aliphatic hydroxyl groups excluding tert-OH is 3. The van der Waals surface area contributed by atoms with Crippen molar-refractivity contribution in [1.29, 1.82) is 0 Å². The van der Waals surface area contributed by atoms with E-state index in [2.05, 4.69) is 15.3 Å². The summed E-state index contributed by atoms with van der Waals surface area (Å²) in [6.07, 6.45) is -3.05. The summed E-state index contributed by atoms with van der Waals surface area (Å²) in [5, 5.41) is 30.4. The Morgan fingerprint density at radius 2 is 1.89 bits per heavy atom. The highest BCUT2D eigenvalue weighted by Gasteiger charge is 2.44. The lowest BCUT2D eigenvalue weighted by atomic mass is 10.0. The summed E-state index contributed by atoms with van der Waals surface area (Å²) in [4.78, 5) is 55.1. The van der Waals surface area contributed by atoms with Crippen molar-refractivity contribution >= 4 is 29.4 Å². The van der Waals surface area contributed by atoms with Crippen LogP contribution in [0.3, 0.4) is 0 Å². The number of nitrogens with one attached hydrogen (secondary N) is 1. The third-order valence-corrected chi connectivity index (χ3v) is 6.16. The van der Waals surface area contributed by atoms with E-state index in [9.17, 15) is 29.4 Å². The van der Waals surface area contributed by atoms with Gasteiger partial charge in [-0.15, -0.1) is 0 Å². The molecule has 3 aliphatic heterocycles. The molecule has 192 valence electrons. The van der Waals surface area contributed by atoms with Crippen molar-refractivity contribution in [2.75, 3.05) is 18.1 Å². The van der Waals surface area contributed by atoms with E-state index in [0.717, 1.165) is 16.5 Å². The Kier molecular flexibility index (Phi) is 6.98. The van der Waals surface area contributed by atoms with Gasteiger partial charge in [-0.25, -0.2) is 9.78 Å². The number of amides is 3. The number of anilines is 2. The molecule has 0 aliphatic carbocycles. The van der Waals surface area contributed by atoms with Gasteiger partial charge in [-0.2, -0.15) is 4.98 Å². The third-order valence-electron chi connectivity index (χ3n) is 6.16. The fraction of sp³-hybridized carbons (Fsp3) is 0.429. The first kappa shape index (κ1) is 25.2. The van der Waals surface area contributed by atoms with Crippen LogP contribution in [-0.4, -0.2) is 83.4 Å². The average molecular weight is 503 g/mol. The Bertz CT molecular complexity index is 1250. The number of hydrogen-bond acceptors (Lipinski definition) is 12. The molecule has 2 saturated heterocycles. The number of nitrogens with two attached hydrogens (primary N) is 2. The molecule has 2 aromatic rings. The molecule has 15 heteroatoms. The Hall–Kier alpha value is -3.92. The van der Waals surface area contributed by atoms with E-state index in [-0.39, 0.29) is 24.2 Å². The van der Waals surface area contributed by atoms with E-state index < -0.39 is 48.8 Å². The van der Waals surface area contributed by atoms with Crippen molar-refractivity contribution in [2.24, 2.45) is 0 Å². The van der Waals surface area contributed by atoms with Gasteiger partial charge in [-0.3, -0.25) is 24.3 Å². The van der Waals surface area contributed by atoms with Crippen molar-refractivity contribution in [3.63, 3.8) is 0 Å². The minimum absolute atomic E-state index is 0.196. The molecular weight excluding hydrogens is 478 g/mol. The van der Waals surface area contributed by atoms with Crippen LogP contribution in [0.5, 0.6) is 0 Å². The van der Waals surface area contributed by atoms with Crippen molar-refractivity contribution < 1.29 is 34.4 Å². The first-order valence-corrected chi connectivity index (χ1v) is 11.0. The molecular formula is C21H25N7O8. The normalized spacial score (nSPS) is 27.4. The van der Waals surface area contributed by atoms with Gasteiger partial charge in [-0.05, 0) is 18.6 Å². The number of nitrogen functional groups attached to an aromatic ring is 2. The predicted octanol–water partition coefficient (Wildman–Crippen LogP) is -3.14. The molecule has 4 heterocycles. The molecule has 3 amide bonds. The number of nitrogens with zero attached hydrogens (tertiary/aromatic N) is 4. The Morgan fingerprint density at radius 3 is 2.50 bits per heavy atom. The van der Waals surface area contributed by atoms with Crippen LogP contribution in [0.1, 0.15) is 35.0 Å². The summed E-state index contributed by atoms with van der Waals surface area (Å²) >= 11 is 0. The summed E-state index contributed by atoms with van der Waals surface area (Å²) in [5.41, 5.74) is 12.2. The van der Waals surface area contributed by atoms with Crippen LogP contribution in [0, 0.1) is 0 Å². The van der Waals surface area contributed by atoms with E-state index in [4.69, 9.17) is 21.3 Å². The topological polar surface area (TPSA) is 236 Å². The van der Waals surface area contributed by atoms with Crippen LogP contribution in [-0.2, 0) is 20.9 Å². The number of aliphatic hydroxyl groups is 3. The Balaban J connectivity index is 0.000000170. The minimum Gasteiger partial charge on any atom is -0.398 e. The molecule has 1 unspecified atom stereocenters. The fourth-order valence-corrected chi connectivity index (χ4v) is 4.25. The zero-order valence-corrected chi connectivity index (χ0v) is 18.9. The second-order valence-electron chi connectivity index (χ2n) is 8.41. The molecule has 0 saturated carbocycles. The van der Waals surface area contributed by atoms with Crippen LogP contribution in [0.2, 0.25) is 0 Å². The first-order chi connectivity index (χ1) is 17.1. The van der Waals surface area contributed by atoms with Crippen molar-refractivity contribution in [2.45, 2.75) is 50.0 Å². The monoisotopic (exact) mass is 503 g/mol. The molecule has 0 radical (unpaired) electrons. The second kappa shape index (κ2) is 9.98. The van der Waals surface area contributed by atoms with Gasteiger partial charge in [0, 0.05) is 29.8 Å². The Morgan fingerprint density at radius 1 is 1.14 bits per heavy atom. The van der Waals surface area contributed by atoms with E-state index >= 15 is 0 Å². The molecule has 0 spiro atoms. The molecule has 36 heavy (non-hydrogen) atoms. The van der Waals surface area contributed by atoms with E-state index in [1.165, 1.54) is 4.90 Å². The quantitative estimate of drug-likeness (QED) is 0.180. The SMILES string of the molecule is Nc1cccc2c1CN(C1CCC(=O)NC1=O)C2=O.Nc1ncn([C@@H]2O[C@H](CO)[C@@H](O)[C@H]2O)c(=O)n1. The number of hydrogen-bond donors (Lipinski definition) is 6. The van der Waals surface area contributed by atoms with E-state index in [0.29, 0.717) is 24.2 Å². The molecule has 1 aromatic heterocycles. The van der Waals surface area contributed by atoms with Crippen molar-refractivity contribution in [3.05, 3.63) is 46.1 Å². The molecule has 8 N–H and O–H groups in total. The summed E-state index contributed by atoms with van der Waals surface area (Å²) in [6, 6.07) is 4.58. The Labute approximate surface area is 203 Å². The maximum atomic E-state index is 12.3. The molecule has 3 aliphatic rings. The number of ether oxygens (including phenoxy) is 1. The number of imide groups is 1. The smallest absolute Gasteiger partial charge is 0.354 e. The highest BCUT2D eigenvalue weighted by atomic mass is 16.6. The highest BCUT2D eigenvalue weighted by molar-refractivity contribution is 6.06. The fourth-order valence-electron chi connectivity index (χ4n) is 4.25. The van der Waals surface area contributed by atoms with Crippen molar-refractivity contribution in [3.8, 4) is 0 Å². The number of aromatic nitrogens is 3. The first-order valence-electron chi connectivity index (χ1n) is 11.0. The molecule has 2 fully saturated rings. The van der Waals surface area contributed by atoms with Gasteiger partial charge in [0.2, 0.25) is 17.8 Å². The van der Waals surface area contributed by atoms with Gasteiger partial charge in [0.05, 0.1) is 6.61 Å². The zero-order chi connectivity index (χ0) is 26.1. The van der Waals surface area contributed by atoms with Crippen LogP contribution >= 0.6 is 0 Å². The average Bonchev–Trinajstić information content (AvgIpc) is 3.32. The van der Waals surface area contributed by atoms with E-state index in [1.54, 1.807) is 18.2 Å². The van der Waals surface area contributed by atoms with Crippen LogP contribution in [0.25, 0.3) is 0 Å². The van der Waals surface area contributed by atoms with Crippen LogP contribution in [0.15, 0.2) is 29.3 Å². The number of benzene rings is 1. The lowest BCUT2D eigenvalue weighted by Gasteiger charge is -2.29. The molecule has 5 rings (SSSR count). The number of fused-ring (bicyclic) bond motifs is 1. The number of carbonyl (C=O) groups excluding carboxylic acids is 3. The third kappa shape index (κ3) is 4.64. The summed E-state index contributed by atoms with van der Waals surface area (Å²) < 4.78 is 6.04. The molecule has 0 bridgehead atoms. The predicted molar refractivity (Wildman–Crippen MR) is 121 cm³/mol. The lowest BCUT2D eigenvalue weighted by Crippen LogP contribution is -2.52. The van der Waals surface area contributed by atoms with Gasteiger partial charge in [-0.1, -0.05) is 6.07 Å². The highest BCUT2D eigenvalue weighted by Crippen LogP contribution is 2.31. The van der Waals surface area contributed by atoms with E-state index in [1.807, 2.05) is 0 Å². The minimum atomic E-state index is -1.35. The standard InChI is InChI=1S/C13H13N3O3.C8H12N4O5/c14-9-3-1-2-7-8(9)6-16(13(7)19)10-4-5-11(17)15-12(10)18;9-7-10-2-12(8(16)11-7)6-5(15)4(14)3(1-13)17-6/h1-3,10H,4-6,14H2,(H,15,17,18);2-6,13-15H,1H2,(H2,9,11,16)/t;3-,4-,5-,6-/m.1/s1. The zero-order valence-electron chi connectivity index (χ0n) is 18.9. The van der Waals surface area contributed by atoms with Gasteiger partial charge in [0.1, 0.15) is 30.7 Å². The van der Waals surface area contributed by atoms with Crippen molar-refractivity contribution in [1.82, 2.24) is 24.8 Å². The molecule has 5 atom stereocenters. The summed E-state index contributed by atoms with van der Waals surface area (Å²) in [7, 11) is 0. The number of carbonyl (C=O) groups is 3. The van der Waals surface area contributed by atoms with Crippen LogP contribution in [0.4, 0.5) is 11.6 Å². The maximum Gasteiger partial charge on any atom is 0.354 e. The summed E-state index contributed by atoms with van der Waals surface area (Å²) in [5.74, 6) is -1.09. The number of piperidine rings is 1. The largest absolute Gasteiger partial charge is 0.398 e. The van der Waals surface area contributed by atoms with Gasteiger partial charge in [0.15, 0.2) is 6.23 Å². The van der Waals surface area contributed by atoms with Gasteiger partial charge < -0.3 is 36.4 Å². The maximum absolute atomic E-state index is 12.3. The molecule has 1 aromatic carbocycles. The lowest BCUT2D eigenvalue weighted by molar-refractivity contribution is -0.136. The van der Waals surface area contributed by atoms with Gasteiger partial charge >= 0.3 is 5.69 Å². The summed E-state index contributed by atoms with van der Waals surface area (Å²) in [6.45, 7) is -0.146. The van der Waals surface area contributed by atoms with Gasteiger partial charge in [0.25, 0.3) is 5.91 Å². The second-order valence-corrected chi connectivity index (χ2v) is 8.41. The molecule has 15 nitrogen and oxygen atoms in total. The van der Waals surface area contributed by atoms with Crippen LogP contribution < -0.4 is 22.5 Å².